The Labute approximate surface area is 93.2 Å². The Morgan fingerprint density at radius 2 is 2.27 bits per heavy atom. The first kappa shape index (κ1) is 10.6. The van der Waals surface area contributed by atoms with E-state index in [-0.39, 0.29) is 17.3 Å². The molecule has 3 nitrogen and oxygen atoms in total. The van der Waals surface area contributed by atoms with Crippen molar-refractivity contribution in [3.63, 3.8) is 0 Å². The number of thiazole rings is 1. The molecule has 1 fully saturated rings. The van der Waals surface area contributed by atoms with Crippen molar-refractivity contribution in [2.45, 2.75) is 38.5 Å². The Hall–Kier alpha value is -0.900. The smallest absolute Gasteiger partial charge is 0.307 e. The summed E-state index contributed by atoms with van der Waals surface area (Å²) >= 11 is 1.59. The lowest BCUT2D eigenvalue weighted by atomic mass is 9.93. The number of aliphatic carboxylic acids is 1. The highest BCUT2D eigenvalue weighted by Gasteiger charge is 2.46. The van der Waals surface area contributed by atoms with Crippen molar-refractivity contribution in [2.75, 3.05) is 0 Å². The molecule has 1 aliphatic rings. The fourth-order valence-corrected chi connectivity index (χ4v) is 2.77. The van der Waals surface area contributed by atoms with Gasteiger partial charge < -0.3 is 5.11 Å². The molecule has 0 bridgehead atoms. The highest BCUT2D eigenvalue weighted by molar-refractivity contribution is 7.09. The third-order valence-corrected chi connectivity index (χ3v) is 3.69. The Morgan fingerprint density at radius 3 is 2.67 bits per heavy atom. The molecule has 0 aromatic carbocycles. The van der Waals surface area contributed by atoms with Crippen LogP contribution in [0.25, 0.3) is 0 Å². The number of carboxylic acid groups (broad SMARTS) is 1. The summed E-state index contributed by atoms with van der Waals surface area (Å²) in [6.45, 7) is 6.36. The molecule has 1 N–H and O–H groups in total. The van der Waals surface area contributed by atoms with Crippen LogP contribution in [0.3, 0.4) is 0 Å². The van der Waals surface area contributed by atoms with Crippen molar-refractivity contribution in [1.29, 1.82) is 0 Å². The topological polar surface area (TPSA) is 50.2 Å². The van der Waals surface area contributed by atoms with E-state index in [1.165, 1.54) is 0 Å². The van der Waals surface area contributed by atoms with Crippen LogP contribution in [0.5, 0.6) is 0 Å². The van der Waals surface area contributed by atoms with Crippen LogP contribution >= 0.6 is 11.3 Å². The van der Waals surface area contributed by atoms with E-state index in [0.29, 0.717) is 0 Å². The van der Waals surface area contributed by atoms with Gasteiger partial charge in [-0.25, -0.2) is 4.98 Å². The molecular formula is C11H15NO2S. The highest BCUT2D eigenvalue weighted by atomic mass is 32.1. The van der Waals surface area contributed by atoms with Crippen LogP contribution in [0.1, 0.15) is 43.8 Å². The quantitative estimate of drug-likeness (QED) is 0.841. The molecule has 0 aliphatic heterocycles. The van der Waals surface area contributed by atoms with Gasteiger partial charge in [0, 0.05) is 16.7 Å². The first-order valence-corrected chi connectivity index (χ1v) is 5.96. The number of carboxylic acids is 1. The molecule has 0 spiro atoms. The van der Waals surface area contributed by atoms with E-state index < -0.39 is 5.97 Å². The summed E-state index contributed by atoms with van der Waals surface area (Å²) in [6.07, 6.45) is 0.756. The van der Waals surface area contributed by atoms with Crippen molar-refractivity contribution >= 4 is 17.3 Å². The summed E-state index contributed by atoms with van der Waals surface area (Å²) in [6, 6.07) is 0. The summed E-state index contributed by atoms with van der Waals surface area (Å²) in [4.78, 5) is 15.3. The predicted octanol–water partition coefficient (Wildman–Crippen LogP) is 2.63. The minimum Gasteiger partial charge on any atom is -0.481 e. The normalized spacial score (nSPS) is 25.3. The molecule has 4 heteroatoms. The molecule has 2 rings (SSSR count). The maximum Gasteiger partial charge on any atom is 0.307 e. The molecule has 1 heterocycles. The molecule has 82 valence electrons. The van der Waals surface area contributed by atoms with Gasteiger partial charge in [-0.3, -0.25) is 4.79 Å². The molecule has 2 unspecified atom stereocenters. The standard InChI is InChI=1S/C11H15NO2S/c1-11(2,3)8-5-15-9(12-8)6-4-7(6)10(13)14/h5-7H,4H2,1-3H3,(H,13,14). The van der Waals surface area contributed by atoms with Crippen LogP contribution in [0.2, 0.25) is 0 Å². The van der Waals surface area contributed by atoms with E-state index in [9.17, 15) is 4.79 Å². The first-order valence-electron chi connectivity index (χ1n) is 5.08. The van der Waals surface area contributed by atoms with Crippen molar-refractivity contribution in [3.8, 4) is 0 Å². The molecule has 1 aromatic heterocycles. The van der Waals surface area contributed by atoms with Crippen molar-refractivity contribution in [3.05, 3.63) is 16.1 Å². The van der Waals surface area contributed by atoms with Crippen molar-refractivity contribution in [1.82, 2.24) is 4.98 Å². The minimum absolute atomic E-state index is 0.0579. The van der Waals surface area contributed by atoms with Crippen LogP contribution in [0.4, 0.5) is 0 Å². The Morgan fingerprint density at radius 1 is 1.60 bits per heavy atom. The van der Waals surface area contributed by atoms with Gasteiger partial charge in [-0.2, -0.15) is 0 Å². The van der Waals surface area contributed by atoms with Crippen LogP contribution in [0.15, 0.2) is 5.38 Å². The zero-order valence-electron chi connectivity index (χ0n) is 9.15. The molecule has 2 atom stereocenters. The lowest BCUT2D eigenvalue weighted by Gasteiger charge is -2.14. The van der Waals surface area contributed by atoms with Gasteiger partial charge in [-0.15, -0.1) is 11.3 Å². The van der Waals surface area contributed by atoms with Crippen LogP contribution < -0.4 is 0 Å². The number of rotatable bonds is 2. The third kappa shape index (κ3) is 2.04. The van der Waals surface area contributed by atoms with Gasteiger partial charge in [-0.1, -0.05) is 20.8 Å². The second-order valence-electron chi connectivity index (χ2n) is 5.11. The molecular weight excluding hydrogens is 210 g/mol. The fraction of sp³-hybridized carbons (Fsp3) is 0.636. The predicted molar refractivity (Wildman–Crippen MR) is 59.3 cm³/mol. The SMILES string of the molecule is CC(C)(C)c1csc(C2CC2C(=O)O)n1. The summed E-state index contributed by atoms with van der Waals surface area (Å²) in [5, 5.41) is 11.9. The fourth-order valence-electron chi connectivity index (χ4n) is 1.54. The Bertz CT molecular complexity index is 392. The number of hydrogen-bond donors (Lipinski definition) is 1. The molecule has 15 heavy (non-hydrogen) atoms. The van der Waals surface area contributed by atoms with E-state index in [4.69, 9.17) is 5.11 Å². The summed E-state index contributed by atoms with van der Waals surface area (Å²) < 4.78 is 0. The van der Waals surface area contributed by atoms with Crippen LogP contribution in [-0.2, 0) is 10.2 Å². The summed E-state index contributed by atoms with van der Waals surface area (Å²) in [7, 11) is 0. The molecule has 0 radical (unpaired) electrons. The monoisotopic (exact) mass is 225 g/mol. The number of aromatic nitrogens is 1. The van der Waals surface area contributed by atoms with Crippen molar-refractivity contribution < 1.29 is 9.90 Å². The molecule has 1 saturated carbocycles. The van der Waals surface area contributed by atoms with Gasteiger partial charge in [0.15, 0.2) is 0 Å². The van der Waals surface area contributed by atoms with Crippen molar-refractivity contribution in [2.24, 2.45) is 5.92 Å². The average molecular weight is 225 g/mol. The number of carbonyl (C=O) groups is 1. The lowest BCUT2D eigenvalue weighted by Crippen LogP contribution is -2.11. The van der Waals surface area contributed by atoms with E-state index in [1.807, 2.05) is 5.38 Å². The lowest BCUT2D eigenvalue weighted by molar-refractivity contribution is -0.138. The number of nitrogens with zero attached hydrogens (tertiary/aromatic N) is 1. The van der Waals surface area contributed by atoms with E-state index in [1.54, 1.807) is 11.3 Å². The summed E-state index contributed by atoms with van der Waals surface area (Å²) in [5.41, 5.74) is 1.13. The highest BCUT2D eigenvalue weighted by Crippen LogP contribution is 2.48. The maximum atomic E-state index is 10.7. The zero-order valence-corrected chi connectivity index (χ0v) is 9.97. The van der Waals surface area contributed by atoms with E-state index in [2.05, 4.69) is 25.8 Å². The van der Waals surface area contributed by atoms with Gasteiger partial charge >= 0.3 is 5.97 Å². The largest absolute Gasteiger partial charge is 0.481 e. The molecule has 1 aliphatic carbocycles. The van der Waals surface area contributed by atoms with Gasteiger partial charge in [0.2, 0.25) is 0 Å². The van der Waals surface area contributed by atoms with Gasteiger partial charge in [0.1, 0.15) is 0 Å². The maximum absolute atomic E-state index is 10.7. The van der Waals surface area contributed by atoms with Gasteiger partial charge in [0.05, 0.1) is 16.6 Å². The minimum atomic E-state index is -0.687. The van der Waals surface area contributed by atoms with Crippen LogP contribution in [-0.4, -0.2) is 16.1 Å². The Kier molecular flexibility index (Phi) is 2.34. The molecule has 1 aromatic rings. The third-order valence-electron chi connectivity index (χ3n) is 2.72. The zero-order chi connectivity index (χ0) is 11.2. The van der Waals surface area contributed by atoms with Crippen LogP contribution in [0, 0.1) is 5.92 Å². The van der Waals surface area contributed by atoms with E-state index in [0.717, 1.165) is 17.1 Å². The molecule has 0 saturated heterocycles. The molecule has 0 amide bonds. The Balaban J connectivity index is 2.13. The van der Waals surface area contributed by atoms with Gasteiger partial charge in [-0.05, 0) is 6.42 Å². The first-order chi connectivity index (χ1) is 6.89. The average Bonchev–Trinajstić information content (AvgIpc) is 2.74. The second-order valence-corrected chi connectivity index (χ2v) is 6.00. The van der Waals surface area contributed by atoms with E-state index >= 15 is 0 Å². The second kappa shape index (κ2) is 3.30. The number of hydrogen-bond acceptors (Lipinski definition) is 3. The van der Waals surface area contributed by atoms with Gasteiger partial charge in [0.25, 0.3) is 0 Å². The summed E-state index contributed by atoms with van der Waals surface area (Å²) in [5.74, 6) is -0.708.